The zero-order chi connectivity index (χ0) is 97.0. The summed E-state index contributed by atoms with van der Waals surface area (Å²) in [5.41, 5.74) is 22.7. The Morgan fingerprint density at radius 2 is 0.305 bits per heavy atom. The van der Waals surface area contributed by atoms with Gasteiger partial charge in [-0.3, -0.25) is 0 Å². The molecule has 30 rings (SSSR count). The number of hydrogen-bond acceptors (Lipinski definition) is 6. The fraction of sp³-hybridized carbons (Fsp3) is 0.163. The van der Waals surface area contributed by atoms with Crippen LogP contribution >= 0.6 is 47.0 Å². The number of fused-ring (bicyclic) bond motifs is 30. The molecule has 24 aromatic rings. The summed E-state index contributed by atoms with van der Waals surface area (Å²) in [5.74, 6) is 3.68. The van der Waals surface area contributed by atoms with Crippen LogP contribution in [0.15, 0.2) is 440 Å². The summed E-state index contributed by atoms with van der Waals surface area (Å²) < 4.78 is 26.4. The van der Waals surface area contributed by atoms with Gasteiger partial charge in [-0.05, 0) is 146 Å². The third-order valence-electron chi connectivity index (χ3n) is 25.4. The molecule has 12 heteroatoms. The molecule has 0 radical (unpaired) electrons. The number of unbranched alkanes of at least 4 members (excludes halogenated alkanes) is 3. The molecule has 0 spiro atoms. The third-order valence-corrected chi connectivity index (χ3v) is 29.9. The fourth-order valence-corrected chi connectivity index (χ4v) is 23.4. The molecule has 0 amide bonds. The van der Waals surface area contributed by atoms with Crippen LogP contribution < -0.4 is 9.47 Å². The van der Waals surface area contributed by atoms with Crippen molar-refractivity contribution in [3.05, 3.63) is 400 Å². The molecule has 141 heavy (non-hydrogen) atoms. The van der Waals surface area contributed by atoms with E-state index in [1.165, 1.54) is 240 Å². The van der Waals surface area contributed by atoms with E-state index in [4.69, 9.17) is 9.47 Å². The molecule has 0 atom stereocenters. The molecule has 6 aliphatic heterocycles. The summed E-state index contributed by atoms with van der Waals surface area (Å²) >= 11 is 7.48. The smallest absolute Gasteiger partial charge is 0.152 e. The standard InChI is InChI=1S/2C18H11NO.4C18H11NS.3C4H10.3C3H8/c6*1-2-8-14-12(6-1)13-7-5-11-17-18(13)19(14)15-9-3-4-10-16(15)20-17;3*1-3-4-2;3*1-3-2/h6*1-11H;3*3-4H2,1-2H3;3*3H2,1-2H3. The van der Waals surface area contributed by atoms with Crippen LogP contribution in [0.4, 0.5) is 0 Å². The molecule has 702 valence electrons. The van der Waals surface area contributed by atoms with Gasteiger partial charge in [-0.1, -0.05) is 443 Å². The molecule has 0 fully saturated rings. The Labute approximate surface area is 845 Å². The molecular formula is C129H120N6O2S4. The molecular weight excluding hydrogens is 1790 g/mol. The SMILES string of the molecule is CCC.CCC.CCC.CCCC.CCCC.CCCC.c1ccc2c(c1)Oc1cccc3c4ccccc4n-2c13.c1ccc2c(c1)Oc1cccc3c4ccccc4n-2c13.c1ccc2c(c1)Sc1cccc3c4ccccc4n-2c13.c1ccc2c(c1)Sc1cccc3c4ccccc4n-2c13.c1ccc2c(c1)Sc1cccc3c4ccccc4n-2c13.c1ccc2c(c1)Sc1cccc3c4ccccc4n-2c13. The van der Waals surface area contributed by atoms with Gasteiger partial charge in [-0.15, -0.1) is 0 Å². The van der Waals surface area contributed by atoms with Crippen molar-refractivity contribution in [2.24, 2.45) is 0 Å². The Balaban J connectivity index is 0.000000103. The normalized spacial score (nSPS) is 11.8. The lowest BCUT2D eigenvalue weighted by atomic mass is 10.1. The average molecular weight is 1910 g/mol. The van der Waals surface area contributed by atoms with Crippen LogP contribution in [0.25, 0.3) is 165 Å². The second-order valence-corrected chi connectivity index (χ2v) is 39.9. The summed E-state index contributed by atoms with van der Waals surface area (Å²) in [6, 6.07) is 142. The van der Waals surface area contributed by atoms with Gasteiger partial charge in [0.05, 0.1) is 100 Å². The molecule has 6 aromatic heterocycles. The zero-order valence-electron chi connectivity index (χ0n) is 82.6. The van der Waals surface area contributed by atoms with Crippen LogP contribution in [0, 0.1) is 0 Å². The maximum atomic E-state index is 6.06. The Hall–Kier alpha value is -14.2. The Morgan fingerprint density at radius 1 is 0.149 bits per heavy atom. The van der Waals surface area contributed by atoms with Crippen LogP contribution in [-0.4, -0.2) is 27.4 Å². The molecule has 0 aliphatic carbocycles. The first-order valence-electron chi connectivity index (χ1n) is 50.4. The van der Waals surface area contributed by atoms with Gasteiger partial charge in [0.15, 0.2) is 23.0 Å². The number of aromatic nitrogens is 6. The predicted molar refractivity (Wildman–Crippen MR) is 611 cm³/mol. The number of benzene rings is 18. The summed E-state index contributed by atoms with van der Waals surface area (Å²) in [4.78, 5) is 10.7. The average Bonchev–Trinajstić information content (AvgIpc) is 1.60. The monoisotopic (exact) mass is 1910 g/mol. The minimum Gasteiger partial charge on any atom is -0.453 e. The number of rotatable bonds is 3. The van der Waals surface area contributed by atoms with E-state index < -0.39 is 0 Å². The molecule has 6 aliphatic rings. The maximum absolute atomic E-state index is 6.06. The number of ether oxygens (including phenoxy) is 2. The van der Waals surface area contributed by atoms with E-state index in [1.54, 1.807) is 0 Å². The second-order valence-electron chi connectivity index (χ2n) is 35.6. The molecule has 8 nitrogen and oxygen atoms in total. The Morgan fingerprint density at radius 3 is 0.532 bits per heavy atom. The van der Waals surface area contributed by atoms with Gasteiger partial charge >= 0.3 is 0 Å². The van der Waals surface area contributed by atoms with Crippen LogP contribution in [0.3, 0.4) is 0 Å². The van der Waals surface area contributed by atoms with Crippen molar-refractivity contribution < 1.29 is 9.47 Å². The largest absolute Gasteiger partial charge is 0.453 e. The van der Waals surface area contributed by atoms with E-state index in [1.807, 2.05) is 83.4 Å². The lowest BCUT2D eigenvalue weighted by molar-refractivity contribution is 0.476. The quantitative estimate of drug-likeness (QED) is 0.176. The van der Waals surface area contributed by atoms with Gasteiger partial charge in [-0.2, -0.15) is 0 Å². The lowest BCUT2D eigenvalue weighted by Crippen LogP contribution is -2.03. The van der Waals surface area contributed by atoms with Crippen molar-refractivity contribution in [3.8, 4) is 57.1 Å². The van der Waals surface area contributed by atoms with E-state index in [0.717, 1.165) is 45.4 Å². The molecule has 18 aromatic carbocycles. The highest BCUT2D eigenvalue weighted by atomic mass is 32.2. The first-order chi connectivity index (χ1) is 69.6. The van der Waals surface area contributed by atoms with E-state index in [-0.39, 0.29) is 0 Å². The van der Waals surface area contributed by atoms with Gasteiger partial charge in [0.2, 0.25) is 0 Å². The maximum Gasteiger partial charge on any atom is 0.152 e. The van der Waals surface area contributed by atoms with Crippen molar-refractivity contribution in [2.75, 3.05) is 0 Å². The van der Waals surface area contributed by atoms with E-state index in [0.29, 0.717) is 0 Å². The van der Waals surface area contributed by atoms with E-state index in [9.17, 15) is 0 Å². The number of para-hydroxylation sites is 20. The van der Waals surface area contributed by atoms with E-state index >= 15 is 0 Å². The van der Waals surface area contributed by atoms with E-state index in [2.05, 4.69) is 474 Å². The summed E-state index contributed by atoms with van der Waals surface area (Å²) in [6.07, 6.45) is 11.7. The van der Waals surface area contributed by atoms with Crippen LogP contribution in [0.5, 0.6) is 23.0 Å². The molecule has 0 saturated heterocycles. The van der Waals surface area contributed by atoms with Crippen molar-refractivity contribution in [1.82, 2.24) is 27.4 Å². The third kappa shape index (κ3) is 18.3. The van der Waals surface area contributed by atoms with Crippen LogP contribution in [-0.2, 0) is 0 Å². The minimum absolute atomic E-state index is 0.911. The Kier molecular flexibility index (Phi) is 29.9. The fourth-order valence-electron chi connectivity index (χ4n) is 19.0. The van der Waals surface area contributed by atoms with Crippen LogP contribution in [0.2, 0.25) is 0 Å². The minimum atomic E-state index is 0.911. The molecule has 0 bridgehead atoms. The summed E-state index contributed by atoms with van der Waals surface area (Å²) in [6.45, 7) is 25.8. The van der Waals surface area contributed by atoms with Crippen molar-refractivity contribution in [3.63, 3.8) is 0 Å². The highest BCUT2D eigenvalue weighted by Crippen LogP contribution is 2.53. The molecule has 0 N–H and O–H groups in total. The van der Waals surface area contributed by atoms with Crippen LogP contribution in [0.1, 0.15) is 141 Å². The first-order valence-corrected chi connectivity index (χ1v) is 53.6. The van der Waals surface area contributed by atoms with Gasteiger partial charge in [0, 0.05) is 104 Å². The molecule has 0 unspecified atom stereocenters. The second kappa shape index (κ2) is 44.1. The van der Waals surface area contributed by atoms with Gasteiger partial charge in [0.25, 0.3) is 0 Å². The lowest BCUT2D eigenvalue weighted by Gasteiger charge is -2.20. The highest BCUT2D eigenvalue weighted by Gasteiger charge is 2.30. The summed E-state index contributed by atoms with van der Waals surface area (Å²) in [5, 5.41) is 15.8. The first kappa shape index (κ1) is 95.7. The van der Waals surface area contributed by atoms with Gasteiger partial charge in [0.1, 0.15) is 0 Å². The highest BCUT2D eigenvalue weighted by molar-refractivity contribution is 8.00. The van der Waals surface area contributed by atoms with Crippen molar-refractivity contribution in [2.45, 2.75) is 180 Å². The molecule has 12 heterocycles. The topological polar surface area (TPSA) is 48.0 Å². The van der Waals surface area contributed by atoms with Gasteiger partial charge in [-0.25, -0.2) is 0 Å². The predicted octanol–water partition coefficient (Wildman–Crippen LogP) is 40.4. The number of nitrogens with zero attached hydrogens (tertiary/aromatic N) is 6. The van der Waals surface area contributed by atoms with Gasteiger partial charge < -0.3 is 36.9 Å². The summed E-state index contributed by atoms with van der Waals surface area (Å²) in [7, 11) is 0. The van der Waals surface area contributed by atoms with Crippen molar-refractivity contribution >= 4 is 178 Å². The Bertz CT molecular complexity index is 7330. The zero-order valence-corrected chi connectivity index (χ0v) is 85.9. The number of hydrogen-bond donors (Lipinski definition) is 0. The molecule has 0 saturated carbocycles. The van der Waals surface area contributed by atoms with Crippen molar-refractivity contribution in [1.29, 1.82) is 0 Å².